The fourth-order valence-electron chi connectivity index (χ4n) is 1.73. The van der Waals surface area contributed by atoms with Crippen molar-refractivity contribution in [1.29, 1.82) is 0 Å². The van der Waals surface area contributed by atoms with Crippen LogP contribution in [0.5, 0.6) is 0 Å². The largest absolute Gasteiger partial charge is 0.393 e. The second kappa shape index (κ2) is 6.25. The number of rotatable bonds is 4. The van der Waals surface area contributed by atoms with Gasteiger partial charge in [-0.25, -0.2) is 4.39 Å². The molecule has 0 radical (unpaired) electrons. The van der Waals surface area contributed by atoms with Gasteiger partial charge in [-0.15, -0.1) is 0 Å². The molecule has 0 aliphatic rings. The van der Waals surface area contributed by atoms with E-state index in [1.54, 1.807) is 36.4 Å². The van der Waals surface area contributed by atoms with Crippen LogP contribution in [0.3, 0.4) is 0 Å². The number of carbonyl (C=O) groups excluding carboxylic acids is 1. The van der Waals surface area contributed by atoms with Gasteiger partial charge in [0.05, 0.1) is 10.7 Å². The third-order valence-electron chi connectivity index (χ3n) is 2.72. The Morgan fingerprint density at radius 2 is 1.80 bits per heavy atom. The predicted octanol–water partition coefficient (Wildman–Crippen LogP) is 2.91. The van der Waals surface area contributed by atoms with Crippen molar-refractivity contribution in [3.63, 3.8) is 0 Å². The predicted molar refractivity (Wildman–Crippen MR) is 81.3 cm³/mol. The van der Waals surface area contributed by atoms with Gasteiger partial charge in [-0.2, -0.15) is 0 Å². The number of para-hydroxylation sites is 1. The van der Waals surface area contributed by atoms with E-state index in [4.69, 9.17) is 18.0 Å². The topological polar surface area (TPSA) is 55.1 Å². The Labute approximate surface area is 121 Å². The van der Waals surface area contributed by atoms with Crippen LogP contribution in [0.25, 0.3) is 0 Å². The Hall–Kier alpha value is -2.27. The molecule has 0 aliphatic heterocycles. The van der Waals surface area contributed by atoms with Gasteiger partial charge in [0, 0.05) is 12.0 Å². The van der Waals surface area contributed by atoms with E-state index in [9.17, 15) is 9.18 Å². The van der Waals surface area contributed by atoms with Gasteiger partial charge in [-0.1, -0.05) is 36.5 Å². The van der Waals surface area contributed by atoms with Crippen molar-refractivity contribution in [2.24, 2.45) is 5.73 Å². The van der Waals surface area contributed by atoms with Gasteiger partial charge in [0.25, 0.3) is 5.91 Å². The maximum atomic E-state index is 13.4. The summed E-state index contributed by atoms with van der Waals surface area (Å²) in [6.07, 6.45) is 0.491. The number of anilines is 1. The molecule has 2 aromatic rings. The van der Waals surface area contributed by atoms with Crippen LogP contribution >= 0.6 is 12.2 Å². The summed E-state index contributed by atoms with van der Waals surface area (Å²) in [5.74, 6) is -0.831. The van der Waals surface area contributed by atoms with Crippen LogP contribution in [0.2, 0.25) is 0 Å². The summed E-state index contributed by atoms with van der Waals surface area (Å²) in [5.41, 5.74) is 6.98. The summed E-state index contributed by atoms with van der Waals surface area (Å²) in [6, 6.07) is 12.9. The van der Waals surface area contributed by atoms with Crippen LogP contribution in [0.4, 0.5) is 10.1 Å². The lowest BCUT2D eigenvalue weighted by Gasteiger charge is -2.07. The van der Waals surface area contributed by atoms with Crippen molar-refractivity contribution in [3.05, 3.63) is 65.5 Å². The molecular formula is C15H13FN2OS. The van der Waals surface area contributed by atoms with Gasteiger partial charge in [0.1, 0.15) is 5.82 Å². The summed E-state index contributed by atoms with van der Waals surface area (Å²) >= 11 is 4.82. The molecule has 0 saturated heterocycles. The van der Waals surface area contributed by atoms with E-state index >= 15 is 0 Å². The molecule has 0 aromatic heterocycles. The number of nitrogens with two attached hydrogens (primary N) is 1. The molecular weight excluding hydrogens is 275 g/mol. The first-order valence-electron chi connectivity index (χ1n) is 5.99. The first kappa shape index (κ1) is 14.1. The third-order valence-corrected chi connectivity index (χ3v) is 2.86. The summed E-state index contributed by atoms with van der Waals surface area (Å²) in [6.45, 7) is 0. The minimum atomic E-state index is -0.467. The van der Waals surface area contributed by atoms with Gasteiger partial charge in [0.2, 0.25) is 0 Å². The van der Waals surface area contributed by atoms with E-state index in [1.165, 1.54) is 12.1 Å². The molecule has 0 fully saturated rings. The van der Waals surface area contributed by atoms with Gasteiger partial charge in [-0.05, 0) is 29.8 Å². The highest BCUT2D eigenvalue weighted by molar-refractivity contribution is 7.80. The molecule has 3 N–H and O–H groups in total. The maximum absolute atomic E-state index is 13.4. The lowest BCUT2D eigenvalue weighted by Crippen LogP contribution is -2.14. The van der Waals surface area contributed by atoms with E-state index in [0.29, 0.717) is 17.0 Å². The fraction of sp³-hybridized carbons (Fsp3) is 0.0667. The number of nitrogens with one attached hydrogen (secondary N) is 1. The molecule has 102 valence electrons. The van der Waals surface area contributed by atoms with E-state index in [1.807, 2.05) is 0 Å². The third kappa shape index (κ3) is 3.61. The molecule has 5 heteroatoms. The standard InChI is InChI=1S/C15H13FN2OS/c16-12-3-1-2-4-13(12)18-15(19)11-7-5-10(6-8-11)9-14(17)20/h1-8H,9H2,(H2,17,20)(H,18,19). The van der Waals surface area contributed by atoms with Gasteiger partial charge in [0.15, 0.2) is 0 Å². The molecule has 2 rings (SSSR count). The van der Waals surface area contributed by atoms with E-state index in [0.717, 1.165) is 5.56 Å². The van der Waals surface area contributed by atoms with Crippen LogP contribution < -0.4 is 11.1 Å². The number of amides is 1. The van der Waals surface area contributed by atoms with Gasteiger partial charge < -0.3 is 11.1 Å². The van der Waals surface area contributed by atoms with Crippen molar-refractivity contribution in [1.82, 2.24) is 0 Å². The summed E-state index contributed by atoms with van der Waals surface area (Å²) in [7, 11) is 0. The van der Waals surface area contributed by atoms with E-state index in [2.05, 4.69) is 5.32 Å². The van der Waals surface area contributed by atoms with Gasteiger partial charge >= 0.3 is 0 Å². The van der Waals surface area contributed by atoms with Gasteiger partial charge in [-0.3, -0.25) is 4.79 Å². The van der Waals surface area contributed by atoms with Crippen LogP contribution in [-0.4, -0.2) is 10.9 Å². The highest BCUT2D eigenvalue weighted by atomic mass is 32.1. The molecule has 2 aromatic carbocycles. The quantitative estimate of drug-likeness (QED) is 0.851. The van der Waals surface area contributed by atoms with Crippen LogP contribution in [0.1, 0.15) is 15.9 Å². The number of benzene rings is 2. The second-order valence-corrected chi connectivity index (χ2v) is 4.80. The van der Waals surface area contributed by atoms with Crippen molar-refractivity contribution >= 4 is 28.8 Å². The summed E-state index contributed by atoms with van der Waals surface area (Å²) in [5, 5.41) is 2.52. The number of carbonyl (C=O) groups is 1. The lowest BCUT2D eigenvalue weighted by atomic mass is 10.1. The normalized spacial score (nSPS) is 10.1. The SMILES string of the molecule is NC(=S)Cc1ccc(C(=O)Nc2ccccc2F)cc1. The molecule has 0 heterocycles. The molecule has 0 unspecified atom stereocenters. The van der Waals surface area contributed by atoms with E-state index < -0.39 is 5.82 Å². The Bertz CT molecular complexity index is 641. The Morgan fingerprint density at radius 3 is 2.40 bits per heavy atom. The van der Waals surface area contributed by atoms with Crippen molar-refractivity contribution in [2.75, 3.05) is 5.32 Å². The average molecular weight is 288 g/mol. The van der Waals surface area contributed by atoms with Crippen molar-refractivity contribution in [2.45, 2.75) is 6.42 Å². The monoisotopic (exact) mass is 288 g/mol. The first-order valence-corrected chi connectivity index (χ1v) is 6.40. The van der Waals surface area contributed by atoms with Crippen molar-refractivity contribution < 1.29 is 9.18 Å². The van der Waals surface area contributed by atoms with Crippen LogP contribution in [-0.2, 0) is 6.42 Å². The number of thiocarbonyl (C=S) groups is 1. The molecule has 1 amide bonds. The minimum Gasteiger partial charge on any atom is -0.393 e. The molecule has 20 heavy (non-hydrogen) atoms. The van der Waals surface area contributed by atoms with Crippen LogP contribution in [0, 0.1) is 5.82 Å². The summed E-state index contributed by atoms with van der Waals surface area (Å²) < 4.78 is 13.4. The highest BCUT2D eigenvalue weighted by Crippen LogP contribution is 2.14. The molecule has 0 saturated carbocycles. The fourth-order valence-corrected chi connectivity index (χ4v) is 1.90. The smallest absolute Gasteiger partial charge is 0.255 e. The Kier molecular flexibility index (Phi) is 4.42. The molecule has 3 nitrogen and oxygen atoms in total. The lowest BCUT2D eigenvalue weighted by molar-refractivity contribution is 0.102. The molecule has 0 bridgehead atoms. The molecule has 0 aliphatic carbocycles. The average Bonchev–Trinajstić information content (AvgIpc) is 2.41. The highest BCUT2D eigenvalue weighted by Gasteiger charge is 2.08. The first-order chi connectivity index (χ1) is 9.56. The van der Waals surface area contributed by atoms with Crippen molar-refractivity contribution in [3.8, 4) is 0 Å². The minimum absolute atomic E-state index is 0.157. The number of halogens is 1. The summed E-state index contributed by atoms with van der Waals surface area (Å²) in [4.78, 5) is 12.4. The zero-order valence-electron chi connectivity index (χ0n) is 10.6. The number of hydrogen-bond acceptors (Lipinski definition) is 2. The number of hydrogen-bond donors (Lipinski definition) is 2. The Balaban J connectivity index is 2.10. The zero-order chi connectivity index (χ0) is 14.5. The molecule has 0 spiro atoms. The van der Waals surface area contributed by atoms with Crippen LogP contribution in [0.15, 0.2) is 48.5 Å². The zero-order valence-corrected chi connectivity index (χ0v) is 11.4. The molecule has 0 atom stereocenters. The van der Waals surface area contributed by atoms with E-state index in [-0.39, 0.29) is 11.6 Å². The maximum Gasteiger partial charge on any atom is 0.255 e. The second-order valence-electron chi connectivity index (χ2n) is 4.27. The Morgan fingerprint density at radius 1 is 1.15 bits per heavy atom.